The molecule has 2 N–H and O–H groups in total. The van der Waals surface area contributed by atoms with E-state index < -0.39 is 5.97 Å². The minimum atomic E-state index is -0.450. The second-order valence-electron chi connectivity index (χ2n) is 4.20. The highest BCUT2D eigenvalue weighted by Gasteiger charge is 2.20. The summed E-state index contributed by atoms with van der Waals surface area (Å²) < 4.78 is 7.91. The van der Waals surface area contributed by atoms with Gasteiger partial charge in [-0.05, 0) is 19.4 Å². The van der Waals surface area contributed by atoms with Gasteiger partial charge in [-0.2, -0.15) is 0 Å². The van der Waals surface area contributed by atoms with Gasteiger partial charge in [0.05, 0.1) is 12.8 Å². The molecule has 0 aliphatic carbocycles. The fourth-order valence-corrected chi connectivity index (χ4v) is 1.92. The zero-order chi connectivity index (χ0) is 13.4. The van der Waals surface area contributed by atoms with E-state index in [1.54, 1.807) is 6.20 Å². The molecule has 6 nitrogen and oxygen atoms in total. The molecule has 2 rings (SSSR count). The molecule has 0 atom stereocenters. The van der Waals surface area contributed by atoms with E-state index >= 15 is 0 Å². The fourth-order valence-electron chi connectivity index (χ4n) is 1.92. The number of carbonyl (C=O) groups is 1. The van der Waals surface area contributed by atoms with E-state index in [-0.39, 0.29) is 0 Å². The first-order valence-electron chi connectivity index (χ1n) is 5.51. The second kappa shape index (κ2) is 4.21. The molecule has 0 spiro atoms. The quantitative estimate of drug-likeness (QED) is 0.635. The van der Waals surface area contributed by atoms with Gasteiger partial charge in [0.1, 0.15) is 5.82 Å². The van der Waals surface area contributed by atoms with Crippen LogP contribution in [0.25, 0.3) is 11.3 Å². The van der Waals surface area contributed by atoms with E-state index in [2.05, 4.69) is 4.98 Å². The van der Waals surface area contributed by atoms with Crippen LogP contribution in [0.5, 0.6) is 0 Å². The first kappa shape index (κ1) is 12.2. The van der Waals surface area contributed by atoms with Crippen molar-refractivity contribution in [1.82, 2.24) is 14.2 Å². The fraction of sp³-hybridized carbons (Fsp3) is 0.333. The van der Waals surface area contributed by atoms with E-state index in [1.807, 2.05) is 31.7 Å². The van der Waals surface area contributed by atoms with Crippen molar-refractivity contribution >= 4 is 5.97 Å². The number of nitrogens with two attached hydrogens (primary N) is 1. The van der Waals surface area contributed by atoms with Gasteiger partial charge in [-0.1, -0.05) is 0 Å². The molecule has 0 saturated carbocycles. The molecule has 0 saturated heterocycles. The predicted molar refractivity (Wildman–Crippen MR) is 67.6 cm³/mol. The standard InChI is InChI=1S/C12H16N4O2/c1-7-9(10-6-15(3)8(2)14-10)5-16(13)11(7)12(17)18-4/h5-6H,13H2,1-4H3. The summed E-state index contributed by atoms with van der Waals surface area (Å²) in [4.78, 5) is 16.0. The van der Waals surface area contributed by atoms with Crippen LogP contribution in [-0.2, 0) is 11.8 Å². The summed E-state index contributed by atoms with van der Waals surface area (Å²) in [7, 11) is 3.25. The molecule has 96 valence electrons. The van der Waals surface area contributed by atoms with Gasteiger partial charge in [-0.15, -0.1) is 0 Å². The molecule has 18 heavy (non-hydrogen) atoms. The lowest BCUT2D eigenvalue weighted by atomic mass is 10.1. The van der Waals surface area contributed by atoms with Crippen molar-refractivity contribution < 1.29 is 9.53 Å². The first-order valence-corrected chi connectivity index (χ1v) is 5.51. The lowest BCUT2D eigenvalue weighted by Crippen LogP contribution is -2.17. The lowest BCUT2D eigenvalue weighted by molar-refractivity contribution is 0.0590. The van der Waals surface area contributed by atoms with Crippen LogP contribution in [0.3, 0.4) is 0 Å². The van der Waals surface area contributed by atoms with Crippen molar-refractivity contribution in [2.45, 2.75) is 13.8 Å². The molecule has 0 radical (unpaired) electrons. The number of imidazole rings is 1. The van der Waals surface area contributed by atoms with Crippen molar-refractivity contribution in [3.05, 3.63) is 29.5 Å². The number of nitrogens with zero attached hydrogens (tertiary/aromatic N) is 3. The van der Waals surface area contributed by atoms with Crippen LogP contribution in [0.2, 0.25) is 0 Å². The normalized spacial score (nSPS) is 10.7. The topological polar surface area (TPSA) is 75.1 Å². The highest BCUT2D eigenvalue weighted by atomic mass is 16.5. The largest absolute Gasteiger partial charge is 0.464 e. The van der Waals surface area contributed by atoms with Gasteiger partial charge in [-0.3, -0.25) is 4.68 Å². The molecule has 0 bridgehead atoms. The van der Waals surface area contributed by atoms with E-state index in [1.165, 1.54) is 11.8 Å². The van der Waals surface area contributed by atoms with Crippen molar-refractivity contribution in [2.24, 2.45) is 7.05 Å². The maximum Gasteiger partial charge on any atom is 0.356 e. The predicted octanol–water partition coefficient (Wildman–Crippen LogP) is 1.01. The maximum absolute atomic E-state index is 11.6. The Morgan fingerprint density at radius 2 is 2.06 bits per heavy atom. The van der Waals surface area contributed by atoms with Crippen LogP contribution in [0.15, 0.2) is 12.4 Å². The Kier molecular flexibility index (Phi) is 2.86. The molecule has 2 heterocycles. The highest BCUT2D eigenvalue weighted by molar-refractivity contribution is 5.92. The third-order valence-corrected chi connectivity index (χ3v) is 3.05. The highest BCUT2D eigenvalue weighted by Crippen LogP contribution is 2.26. The summed E-state index contributed by atoms with van der Waals surface area (Å²) in [6.45, 7) is 3.74. The smallest absolute Gasteiger partial charge is 0.356 e. The van der Waals surface area contributed by atoms with Gasteiger partial charge < -0.3 is 15.1 Å². The second-order valence-corrected chi connectivity index (χ2v) is 4.20. The van der Waals surface area contributed by atoms with E-state index in [4.69, 9.17) is 10.6 Å². The zero-order valence-corrected chi connectivity index (χ0v) is 10.9. The van der Waals surface area contributed by atoms with Crippen LogP contribution in [-0.4, -0.2) is 27.3 Å². The Morgan fingerprint density at radius 3 is 2.56 bits per heavy atom. The SMILES string of the molecule is COC(=O)c1c(C)c(-c2cn(C)c(C)n2)cn1N. The Morgan fingerprint density at radius 1 is 1.39 bits per heavy atom. The molecule has 6 heteroatoms. The summed E-state index contributed by atoms with van der Waals surface area (Å²) in [5, 5.41) is 0. The van der Waals surface area contributed by atoms with Crippen LogP contribution in [0.4, 0.5) is 0 Å². The summed E-state index contributed by atoms with van der Waals surface area (Å²) in [5.74, 6) is 6.23. The Labute approximate surface area is 105 Å². The number of ether oxygens (including phenoxy) is 1. The number of methoxy groups -OCH3 is 1. The van der Waals surface area contributed by atoms with Gasteiger partial charge in [0.15, 0.2) is 5.69 Å². The summed E-state index contributed by atoms with van der Waals surface area (Å²) in [6, 6.07) is 0. The maximum atomic E-state index is 11.6. The van der Waals surface area contributed by atoms with Gasteiger partial charge in [0, 0.05) is 25.0 Å². The van der Waals surface area contributed by atoms with Crippen LogP contribution >= 0.6 is 0 Å². The van der Waals surface area contributed by atoms with Crippen LogP contribution < -0.4 is 5.84 Å². The molecule has 0 fully saturated rings. The number of hydrogen-bond acceptors (Lipinski definition) is 4. The molecule has 0 aliphatic heterocycles. The summed E-state index contributed by atoms with van der Waals surface area (Å²) in [5.41, 5.74) is 2.74. The van der Waals surface area contributed by atoms with Crippen molar-refractivity contribution in [3.8, 4) is 11.3 Å². The number of carbonyl (C=O) groups excluding carboxylic acids is 1. The average Bonchev–Trinajstić information content (AvgIpc) is 2.80. The Balaban J connectivity index is 2.57. The van der Waals surface area contributed by atoms with Gasteiger partial charge in [0.25, 0.3) is 0 Å². The third-order valence-electron chi connectivity index (χ3n) is 3.05. The molecular weight excluding hydrogens is 232 g/mol. The first-order chi connectivity index (χ1) is 8.45. The van der Waals surface area contributed by atoms with Crippen LogP contribution in [0, 0.1) is 13.8 Å². The molecule has 0 aliphatic rings. The summed E-state index contributed by atoms with van der Waals surface area (Å²) >= 11 is 0. The molecule has 2 aromatic heterocycles. The van der Waals surface area contributed by atoms with Gasteiger partial charge in [-0.25, -0.2) is 9.78 Å². The minimum absolute atomic E-state index is 0.343. The number of aromatic nitrogens is 3. The molecular formula is C12H16N4O2. The molecule has 0 aromatic carbocycles. The molecule has 2 aromatic rings. The Hall–Kier alpha value is -2.24. The van der Waals surface area contributed by atoms with Crippen LogP contribution in [0.1, 0.15) is 21.9 Å². The molecule has 0 amide bonds. The number of nitrogen functional groups attached to an aromatic ring is 1. The van der Waals surface area contributed by atoms with Crippen molar-refractivity contribution in [3.63, 3.8) is 0 Å². The van der Waals surface area contributed by atoms with Gasteiger partial charge >= 0.3 is 5.97 Å². The molecule has 0 unspecified atom stereocenters. The van der Waals surface area contributed by atoms with E-state index in [9.17, 15) is 4.79 Å². The lowest BCUT2D eigenvalue weighted by Gasteiger charge is -2.01. The number of rotatable bonds is 2. The van der Waals surface area contributed by atoms with Gasteiger partial charge in [0.2, 0.25) is 0 Å². The van der Waals surface area contributed by atoms with E-state index in [0.717, 1.165) is 22.6 Å². The number of hydrogen-bond donors (Lipinski definition) is 1. The Bertz CT molecular complexity index is 590. The zero-order valence-electron chi connectivity index (χ0n) is 10.9. The van der Waals surface area contributed by atoms with Crippen molar-refractivity contribution in [2.75, 3.05) is 13.0 Å². The van der Waals surface area contributed by atoms with E-state index in [0.29, 0.717) is 5.69 Å². The van der Waals surface area contributed by atoms with Crippen molar-refractivity contribution in [1.29, 1.82) is 0 Å². The monoisotopic (exact) mass is 248 g/mol. The summed E-state index contributed by atoms with van der Waals surface area (Å²) in [6.07, 6.45) is 3.59. The number of aryl methyl sites for hydroxylation is 2. The number of esters is 1. The third kappa shape index (κ3) is 1.75. The minimum Gasteiger partial charge on any atom is -0.464 e. The average molecular weight is 248 g/mol.